The van der Waals surface area contributed by atoms with Crippen molar-refractivity contribution in [2.75, 3.05) is 13.7 Å². The number of methoxy groups -OCH3 is 1. The predicted octanol–water partition coefficient (Wildman–Crippen LogP) is 2.95. The van der Waals surface area contributed by atoms with Crippen molar-refractivity contribution in [2.45, 2.75) is 46.1 Å². The summed E-state index contributed by atoms with van der Waals surface area (Å²) in [6, 6.07) is 0. The van der Waals surface area contributed by atoms with Crippen LogP contribution < -0.4 is 0 Å². The van der Waals surface area contributed by atoms with Crippen LogP contribution in [0.5, 0.6) is 0 Å². The summed E-state index contributed by atoms with van der Waals surface area (Å²) in [7, 11) is 1.70. The molecule has 0 aromatic carbocycles. The summed E-state index contributed by atoms with van der Waals surface area (Å²) in [4.78, 5) is 10.6. The highest BCUT2D eigenvalue weighted by Crippen LogP contribution is 2.13. The second kappa shape index (κ2) is 7.44. The lowest BCUT2D eigenvalue weighted by Gasteiger charge is -2.18. The highest BCUT2D eigenvalue weighted by Gasteiger charge is 2.10. The zero-order valence-corrected chi connectivity index (χ0v) is 11.1. The molecule has 0 radical (unpaired) electrons. The lowest BCUT2D eigenvalue weighted by molar-refractivity contribution is -0.141. The van der Waals surface area contributed by atoms with E-state index in [0.717, 1.165) is 12.8 Å². The minimum atomic E-state index is -0.205. The van der Waals surface area contributed by atoms with Gasteiger partial charge in [-0.25, -0.2) is 0 Å². The molecule has 0 saturated carbocycles. The molecule has 0 saturated heterocycles. The van der Waals surface area contributed by atoms with Crippen LogP contribution in [-0.2, 0) is 14.3 Å². The molecule has 0 bridgehead atoms. The number of esters is 1. The number of hydrogen-bond donors (Lipinski definition) is 0. The molecule has 0 heterocycles. The van der Waals surface area contributed by atoms with Gasteiger partial charge in [0.2, 0.25) is 0 Å². The predicted molar refractivity (Wildman–Crippen MR) is 65.3 cm³/mol. The minimum Gasteiger partial charge on any atom is -0.466 e. The molecule has 0 fully saturated rings. The molecule has 94 valence electrons. The van der Waals surface area contributed by atoms with E-state index < -0.39 is 0 Å². The Hall–Kier alpha value is -0.830. The third-order valence-corrected chi connectivity index (χ3v) is 2.50. The van der Waals surface area contributed by atoms with Gasteiger partial charge in [-0.1, -0.05) is 19.1 Å². The summed E-state index contributed by atoms with van der Waals surface area (Å²) in [5.41, 5.74) is -0.199. The molecule has 0 spiro atoms. The molecule has 3 nitrogen and oxygen atoms in total. The third kappa shape index (κ3) is 8.48. The van der Waals surface area contributed by atoms with Crippen molar-refractivity contribution in [1.29, 1.82) is 0 Å². The molecule has 1 atom stereocenters. The topological polar surface area (TPSA) is 35.5 Å². The highest BCUT2D eigenvalue weighted by molar-refractivity contribution is 5.65. The number of rotatable bonds is 7. The first kappa shape index (κ1) is 15.2. The normalized spacial score (nSPS) is 14.1. The van der Waals surface area contributed by atoms with Gasteiger partial charge in [0.15, 0.2) is 0 Å². The molecule has 0 amide bonds. The van der Waals surface area contributed by atoms with Crippen LogP contribution in [0, 0.1) is 5.92 Å². The molecule has 16 heavy (non-hydrogen) atoms. The largest absolute Gasteiger partial charge is 0.466 e. The van der Waals surface area contributed by atoms with Crippen LogP contribution in [0.4, 0.5) is 0 Å². The van der Waals surface area contributed by atoms with Crippen molar-refractivity contribution in [3.8, 4) is 0 Å². The monoisotopic (exact) mass is 228 g/mol. The van der Waals surface area contributed by atoms with Gasteiger partial charge in [0.25, 0.3) is 0 Å². The van der Waals surface area contributed by atoms with Gasteiger partial charge in [0.05, 0.1) is 12.2 Å². The summed E-state index contributed by atoms with van der Waals surface area (Å²) >= 11 is 0. The van der Waals surface area contributed by atoms with Crippen molar-refractivity contribution in [3.05, 3.63) is 12.2 Å². The Morgan fingerprint density at radius 2 is 2.06 bits per heavy atom. The average molecular weight is 228 g/mol. The van der Waals surface area contributed by atoms with Gasteiger partial charge in [0.1, 0.15) is 0 Å². The molecule has 0 unspecified atom stereocenters. The highest BCUT2D eigenvalue weighted by atomic mass is 16.5. The Bertz CT molecular complexity index is 231. The van der Waals surface area contributed by atoms with Crippen LogP contribution in [0.15, 0.2) is 12.2 Å². The molecule has 3 heteroatoms. The number of ether oxygens (including phenoxy) is 2. The second-order valence-electron chi connectivity index (χ2n) is 4.68. The molecular formula is C13H24O3. The Labute approximate surface area is 98.8 Å². The van der Waals surface area contributed by atoms with E-state index in [9.17, 15) is 4.79 Å². The fourth-order valence-electron chi connectivity index (χ4n) is 1.17. The van der Waals surface area contributed by atoms with E-state index in [1.54, 1.807) is 7.11 Å². The van der Waals surface area contributed by atoms with Crippen LogP contribution in [0.25, 0.3) is 0 Å². The van der Waals surface area contributed by atoms with Gasteiger partial charge in [-0.2, -0.15) is 0 Å². The SMILES string of the molecule is COC(C)(C)/C=C/C[C@@H](C)CCOC(C)=O. The molecule has 0 rings (SSSR count). The fraction of sp³-hybridized carbons (Fsp3) is 0.769. The Morgan fingerprint density at radius 1 is 1.44 bits per heavy atom. The van der Waals surface area contributed by atoms with Gasteiger partial charge in [-0.05, 0) is 32.6 Å². The van der Waals surface area contributed by atoms with E-state index >= 15 is 0 Å². The molecule has 0 N–H and O–H groups in total. The average Bonchev–Trinajstić information content (AvgIpc) is 2.17. The van der Waals surface area contributed by atoms with E-state index in [0.29, 0.717) is 12.5 Å². The maximum atomic E-state index is 10.6. The number of carbonyl (C=O) groups is 1. The zero-order valence-electron chi connectivity index (χ0n) is 11.1. The number of carbonyl (C=O) groups excluding carboxylic acids is 1. The third-order valence-electron chi connectivity index (χ3n) is 2.50. The fourth-order valence-corrected chi connectivity index (χ4v) is 1.17. The van der Waals surface area contributed by atoms with Gasteiger partial charge in [-0.3, -0.25) is 4.79 Å². The smallest absolute Gasteiger partial charge is 0.302 e. The Kier molecular flexibility index (Phi) is 7.06. The van der Waals surface area contributed by atoms with Crippen molar-refractivity contribution in [3.63, 3.8) is 0 Å². The van der Waals surface area contributed by atoms with E-state index in [2.05, 4.69) is 19.1 Å². The maximum Gasteiger partial charge on any atom is 0.302 e. The summed E-state index contributed by atoms with van der Waals surface area (Å²) in [5, 5.41) is 0. The van der Waals surface area contributed by atoms with Crippen molar-refractivity contribution >= 4 is 5.97 Å². The van der Waals surface area contributed by atoms with Crippen LogP contribution in [0.1, 0.15) is 40.5 Å². The van der Waals surface area contributed by atoms with E-state index in [1.807, 2.05) is 13.8 Å². The van der Waals surface area contributed by atoms with Crippen LogP contribution >= 0.6 is 0 Å². The Morgan fingerprint density at radius 3 is 2.56 bits per heavy atom. The number of allylic oxidation sites excluding steroid dienone is 1. The minimum absolute atomic E-state index is 0.199. The molecule has 0 aliphatic rings. The van der Waals surface area contributed by atoms with Crippen LogP contribution in [0.3, 0.4) is 0 Å². The molecule has 0 aromatic rings. The van der Waals surface area contributed by atoms with Gasteiger partial charge in [-0.15, -0.1) is 0 Å². The summed E-state index contributed by atoms with van der Waals surface area (Å²) < 4.78 is 10.2. The first-order chi connectivity index (χ1) is 7.37. The van der Waals surface area contributed by atoms with Crippen molar-refractivity contribution < 1.29 is 14.3 Å². The van der Waals surface area contributed by atoms with Gasteiger partial charge in [0, 0.05) is 14.0 Å². The van der Waals surface area contributed by atoms with Crippen molar-refractivity contribution in [1.82, 2.24) is 0 Å². The molecule has 0 aromatic heterocycles. The van der Waals surface area contributed by atoms with E-state index in [-0.39, 0.29) is 11.6 Å². The lowest BCUT2D eigenvalue weighted by Crippen LogP contribution is -2.18. The molecular weight excluding hydrogens is 204 g/mol. The molecule has 0 aliphatic carbocycles. The second-order valence-corrected chi connectivity index (χ2v) is 4.68. The van der Waals surface area contributed by atoms with E-state index in [4.69, 9.17) is 9.47 Å². The van der Waals surface area contributed by atoms with Crippen LogP contribution in [0.2, 0.25) is 0 Å². The van der Waals surface area contributed by atoms with Crippen molar-refractivity contribution in [2.24, 2.45) is 5.92 Å². The summed E-state index contributed by atoms with van der Waals surface area (Å²) in [6.45, 7) is 8.14. The summed E-state index contributed by atoms with van der Waals surface area (Å²) in [5.74, 6) is 0.312. The quantitative estimate of drug-likeness (QED) is 0.496. The zero-order chi connectivity index (χ0) is 12.6. The first-order valence-electron chi connectivity index (χ1n) is 5.73. The standard InChI is InChI=1S/C13H24O3/c1-11(8-10-16-12(2)14)7-6-9-13(3,4)15-5/h6,9,11H,7-8,10H2,1-5H3/b9-6+/t11-/m1/s1. The number of hydrogen-bond acceptors (Lipinski definition) is 3. The van der Waals surface area contributed by atoms with Gasteiger partial charge < -0.3 is 9.47 Å². The maximum absolute atomic E-state index is 10.6. The van der Waals surface area contributed by atoms with E-state index in [1.165, 1.54) is 6.92 Å². The van der Waals surface area contributed by atoms with Crippen LogP contribution in [-0.4, -0.2) is 25.3 Å². The lowest BCUT2D eigenvalue weighted by atomic mass is 10.0. The summed E-state index contributed by atoms with van der Waals surface area (Å²) in [6.07, 6.45) is 6.07. The Balaban J connectivity index is 3.72. The molecule has 0 aliphatic heterocycles. The van der Waals surface area contributed by atoms with Gasteiger partial charge >= 0.3 is 5.97 Å². The first-order valence-corrected chi connectivity index (χ1v) is 5.73.